The van der Waals surface area contributed by atoms with Gasteiger partial charge in [-0.25, -0.2) is 0 Å². The fourth-order valence-electron chi connectivity index (χ4n) is 1.78. The van der Waals surface area contributed by atoms with Crippen molar-refractivity contribution in [1.82, 2.24) is 0 Å². The van der Waals surface area contributed by atoms with Crippen molar-refractivity contribution in [1.29, 1.82) is 0 Å². The summed E-state index contributed by atoms with van der Waals surface area (Å²) in [6, 6.07) is 7.10. The van der Waals surface area contributed by atoms with Crippen molar-refractivity contribution in [2.45, 2.75) is 33.8 Å². The van der Waals surface area contributed by atoms with E-state index in [1.54, 1.807) is 24.3 Å². The summed E-state index contributed by atoms with van der Waals surface area (Å²) in [4.78, 5) is 12.2. The van der Waals surface area contributed by atoms with Crippen LogP contribution in [-0.4, -0.2) is 23.6 Å². The van der Waals surface area contributed by atoms with Crippen molar-refractivity contribution in [2.75, 3.05) is 6.61 Å². The molecule has 0 aliphatic carbocycles. The van der Waals surface area contributed by atoms with Gasteiger partial charge in [-0.1, -0.05) is 13.8 Å². The molecule has 0 bridgehead atoms. The predicted molar refractivity (Wildman–Crippen MR) is 72.0 cm³/mol. The molecule has 0 spiro atoms. The molecule has 1 atom stereocenters. The Morgan fingerprint density at radius 3 is 2.11 bits per heavy atom. The molecule has 18 heavy (non-hydrogen) atoms. The van der Waals surface area contributed by atoms with E-state index in [4.69, 9.17) is 4.74 Å². The molecule has 0 saturated heterocycles. The monoisotopic (exact) mass is 250 g/mol. The highest BCUT2D eigenvalue weighted by Gasteiger charge is 2.22. The van der Waals surface area contributed by atoms with E-state index in [2.05, 4.69) is 0 Å². The summed E-state index contributed by atoms with van der Waals surface area (Å²) < 4.78 is 5.52. The Kier molecular flexibility index (Phi) is 5.35. The van der Waals surface area contributed by atoms with Crippen molar-refractivity contribution in [2.24, 2.45) is 11.8 Å². The maximum Gasteiger partial charge on any atom is 0.168 e. The minimum atomic E-state index is -0.332. The van der Waals surface area contributed by atoms with E-state index >= 15 is 0 Å². The number of benzene rings is 1. The van der Waals surface area contributed by atoms with Gasteiger partial charge in [-0.3, -0.25) is 4.79 Å². The lowest BCUT2D eigenvalue weighted by atomic mass is 9.89. The highest BCUT2D eigenvalue weighted by Crippen LogP contribution is 2.20. The molecule has 1 aromatic rings. The summed E-state index contributed by atoms with van der Waals surface area (Å²) in [6.07, 6.45) is 0.118. The van der Waals surface area contributed by atoms with Gasteiger partial charge in [-0.2, -0.15) is 0 Å². The second kappa shape index (κ2) is 6.55. The normalized spacial score (nSPS) is 12.8. The van der Waals surface area contributed by atoms with E-state index < -0.39 is 0 Å². The molecule has 3 heteroatoms. The molecule has 0 fully saturated rings. The van der Waals surface area contributed by atoms with E-state index in [1.807, 2.05) is 27.7 Å². The van der Waals surface area contributed by atoms with E-state index in [1.165, 1.54) is 0 Å². The molecular formula is C15H22O3. The van der Waals surface area contributed by atoms with Crippen LogP contribution >= 0.6 is 0 Å². The minimum Gasteiger partial charge on any atom is -0.491 e. The first-order valence-corrected chi connectivity index (χ1v) is 6.37. The zero-order valence-electron chi connectivity index (χ0n) is 11.5. The first-order valence-electron chi connectivity index (χ1n) is 6.37. The number of carbonyl (C=O) groups excluding carboxylic acids is 1. The van der Waals surface area contributed by atoms with Gasteiger partial charge >= 0.3 is 0 Å². The van der Waals surface area contributed by atoms with Crippen LogP contribution in [-0.2, 0) is 0 Å². The number of hydrogen-bond donors (Lipinski definition) is 1. The third-order valence-corrected chi connectivity index (χ3v) is 2.85. The molecule has 0 aromatic heterocycles. The second-order valence-corrected chi connectivity index (χ2v) is 5.09. The van der Waals surface area contributed by atoms with Gasteiger partial charge in [-0.05, 0) is 44.0 Å². The smallest absolute Gasteiger partial charge is 0.168 e. The van der Waals surface area contributed by atoms with Crippen LogP contribution in [0.2, 0.25) is 0 Å². The molecule has 3 nitrogen and oxygen atoms in total. The second-order valence-electron chi connectivity index (χ2n) is 5.09. The summed E-state index contributed by atoms with van der Waals surface area (Å²) in [6.45, 7) is 7.68. The highest BCUT2D eigenvalue weighted by atomic mass is 16.5. The van der Waals surface area contributed by atoms with E-state index in [0.717, 1.165) is 5.75 Å². The van der Waals surface area contributed by atoms with Crippen LogP contribution in [0.5, 0.6) is 5.75 Å². The minimum absolute atomic E-state index is 0.0106. The van der Waals surface area contributed by atoms with Crippen LogP contribution < -0.4 is 4.74 Å². The number of ether oxygens (including phenoxy) is 1. The average Bonchev–Trinajstić information content (AvgIpc) is 2.29. The Morgan fingerprint density at radius 1 is 1.17 bits per heavy atom. The van der Waals surface area contributed by atoms with Crippen molar-refractivity contribution in [3.63, 3.8) is 0 Å². The Balaban J connectivity index is 2.81. The molecule has 100 valence electrons. The average molecular weight is 250 g/mol. The first kappa shape index (κ1) is 14.7. The van der Waals surface area contributed by atoms with E-state index in [9.17, 15) is 9.90 Å². The summed E-state index contributed by atoms with van der Waals surface area (Å²) in [7, 11) is 0. The number of rotatable bonds is 6. The molecule has 1 rings (SSSR count). The van der Waals surface area contributed by atoms with Crippen LogP contribution in [0, 0.1) is 11.8 Å². The quantitative estimate of drug-likeness (QED) is 0.790. The molecule has 1 aromatic carbocycles. The number of ketones is 1. The molecule has 0 radical (unpaired) electrons. The van der Waals surface area contributed by atoms with Gasteiger partial charge in [0.15, 0.2) is 5.78 Å². The summed E-state index contributed by atoms with van der Waals surface area (Å²) in [5.74, 6) is 0.547. The van der Waals surface area contributed by atoms with Crippen molar-refractivity contribution in [3.05, 3.63) is 29.8 Å². The van der Waals surface area contributed by atoms with Crippen LogP contribution in [0.15, 0.2) is 24.3 Å². The SMILES string of the molecule is CC(C)Oc1ccc(C(=O)C(CO)C(C)C)cc1. The molecular weight excluding hydrogens is 228 g/mol. The highest BCUT2D eigenvalue weighted by molar-refractivity contribution is 5.98. The maximum atomic E-state index is 12.2. The molecule has 0 aliphatic heterocycles. The number of Topliss-reactive ketones (excluding diaryl/α,β-unsaturated/α-hetero) is 1. The zero-order valence-corrected chi connectivity index (χ0v) is 11.5. The maximum absolute atomic E-state index is 12.2. The lowest BCUT2D eigenvalue weighted by Gasteiger charge is -2.17. The van der Waals surface area contributed by atoms with Crippen LogP contribution in [0.1, 0.15) is 38.1 Å². The third-order valence-electron chi connectivity index (χ3n) is 2.85. The van der Waals surface area contributed by atoms with Crippen molar-refractivity contribution in [3.8, 4) is 5.75 Å². The molecule has 0 aliphatic rings. The predicted octanol–water partition coefficient (Wildman–Crippen LogP) is 2.92. The molecule has 1 unspecified atom stereocenters. The Bertz CT molecular complexity index is 379. The summed E-state index contributed by atoms with van der Waals surface area (Å²) >= 11 is 0. The Morgan fingerprint density at radius 2 is 1.72 bits per heavy atom. The van der Waals surface area contributed by atoms with E-state index in [0.29, 0.717) is 5.56 Å². The summed E-state index contributed by atoms with van der Waals surface area (Å²) in [5.41, 5.74) is 0.624. The van der Waals surface area contributed by atoms with Gasteiger partial charge in [0.25, 0.3) is 0 Å². The van der Waals surface area contributed by atoms with Gasteiger partial charge in [0.1, 0.15) is 5.75 Å². The molecule has 0 heterocycles. The zero-order chi connectivity index (χ0) is 13.7. The molecule has 1 N–H and O–H groups in total. The largest absolute Gasteiger partial charge is 0.491 e. The standard InChI is InChI=1S/C15H22O3/c1-10(2)14(9-16)15(17)12-5-7-13(8-6-12)18-11(3)4/h5-8,10-11,14,16H,9H2,1-4H3. The van der Waals surface area contributed by atoms with Gasteiger partial charge in [-0.15, -0.1) is 0 Å². The third kappa shape index (κ3) is 3.84. The van der Waals surface area contributed by atoms with Gasteiger partial charge in [0.05, 0.1) is 12.7 Å². The lowest BCUT2D eigenvalue weighted by molar-refractivity contribution is 0.0807. The molecule has 0 amide bonds. The van der Waals surface area contributed by atoms with Crippen LogP contribution in [0.4, 0.5) is 0 Å². The number of hydrogen-bond acceptors (Lipinski definition) is 3. The van der Waals surface area contributed by atoms with E-state index in [-0.39, 0.29) is 30.3 Å². The molecule has 0 saturated carbocycles. The van der Waals surface area contributed by atoms with Crippen LogP contribution in [0.25, 0.3) is 0 Å². The lowest BCUT2D eigenvalue weighted by Crippen LogP contribution is -2.24. The topological polar surface area (TPSA) is 46.5 Å². The summed E-state index contributed by atoms with van der Waals surface area (Å²) in [5, 5.41) is 9.26. The number of aliphatic hydroxyl groups excluding tert-OH is 1. The van der Waals surface area contributed by atoms with Gasteiger partial charge in [0.2, 0.25) is 0 Å². The first-order chi connectivity index (χ1) is 8.45. The Hall–Kier alpha value is -1.35. The van der Waals surface area contributed by atoms with Crippen LogP contribution in [0.3, 0.4) is 0 Å². The van der Waals surface area contributed by atoms with Gasteiger partial charge < -0.3 is 9.84 Å². The van der Waals surface area contributed by atoms with Gasteiger partial charge in [0, 0.05) is 11.5 Å². The number of aliphatic hydroxyl groups is 1. The van der Waals surface area contributed by atoms with Crippen molar-refractivity contribution < 1.29 is 14.6 Å². The fourth-order valence-corrected chi connectivity index (χ4v) is 1.78. The number of carbonyl (C=O) groups is 1. The Labute approximate surface area is 109 Å². The fraction of sp³-hybridized carbons (Fsp3) is 0.533. The van der Waals surface area contributed by atoms with Crippen molar-refractivity contribution >= 4 is 5.78 Å².